The highest BCUT2D eigenvalue weighted by molar-refractivity contribution is 7.17. The number of rotatable bonds is 5. The highest BCUT2D eigenvalue weighted by Gasteiger charge is 2.15. The van der Waals surface area contributed by atoms with Crippen molar-refractivity contribution in [1.29, 1.82) is 0 Å². The van der Waals surface area contributed by atoms with Gasteiger partial charge in [0.25, 0.3) is 5.56 Å². The Labute approximate surface area is 165 Å². The predicted molar refractivity (Wildman–Crippen MR) is 111 cm³/mol. The maximum Gasteiger partial charge on any atom is 0.263 e. The molecule has 2 aromatic carbocycles. The molecule has 0 saturated carbocycles. The van der Waals surface area contributed by atoms with E-state index < -0.39 is 0 Å². The summed E-state index contributed by atoms with van der Waals surface area (Å²) in [5.41, 5.74) is 2.15. The minimum atomic E-state index is -0.282. The van der Waals surface area contributed by atoms with Crippen LogP contribution in [-0.2, 0) is 11.3 Å². The number of hydrogen-bond donors (Lipinski definition) is 1. The van der Waals surface area contributed by atoms with Gasteiger partial charge in [0.15, 0.2) is 0 Å². The Morgan fingerprint density at radius 2 is 1.89 bits per heavy atom. The number of nitrogens with one attached hydrogen (secondary N) is 1. The van der Waals surface area contributed by atoms with Gasteiger partial charge in [0, 0.05) is 16.6 Å². The molecular weight excluding hydrogens is 374 g/mol. The monoisotopic (exact) mass is 391 g/mol. The molecule has 0 saturated heterocycles. The molecule has 0 spiro atoms. The number of anilines is 1. The molecule has 2 heterocycles. The van der Waals surface area contributed by atoms with Gasteiger partial charge in [-0.05, 0) is 29.8 Å². The summed E-state index contributed by atoms with van der Waals surface area (Å²) in [6, 6.07) is 16.6. The van der Waals surface area contributed by atoms with Gasteiger partial charge < -0.3 is 10.1 Å². The number of carbonyl (C=O) groups excluding carboxylic acids is 1. The summed E-state index contributed by atoms with van der Waals surface area (Å²) in [5, 5.41) is 5.21. The molecule has 0 aliphatic heterocycles. The van der Waals surface area contributed by atoms with E-state index in [1.165, 1.54) is 22.2 Å². The van der Waals surface area contributed by atoms with Crippen LogP contribution in [0.5, 0.6) is 5.75 Å². The number of para-hydroxylation sites is 1. The fraction of sp³-hybridized carbons (Fsp3) is 0.0952. The fourth-order valence-corrected chi connectivity index (χ4v) is 3.85. The molecule has 2 aromatic heterocycles. The molecule has 1 amide bonds. The summed E-state index contributed by atoms with van der Waals surface area (Å²) in [7, 11) is 1.61. The number of thiophene rings is 1. The van der Waals surface area contributed by atoms with Crippen LogP contribution < -0.4 is 15.6 Å². The first-order chi connectivity index (χ1) is 13.7. The van der Waals surface area contributed by atoms with Gasteiger partial charge in [-0.25, -0.2) is 4.98 Å². The molecule has 4 aromatic rings. The molecule has 7 heteroatoms. The first-order valence-corrected chi connectivity index (χ1v) is 9.49. The van der Waals surface area contributed by atoms with Crippen molar-refractivity contribution >= 4 is 33.1 Å². The standard InChI is InChI=1S/C21H17N3O3S/c1-27-16-9-7-14(8-10-16)17-12-28-20-19(17)21(26)24(13-22-20)11-18(25)23-15-5-3-2-4-6-15/h2-10,12-13H,11H2,1H3,(H,23,25). The predicted octanol–water partition coefficient (Wildman–Crippen LogP) is 3.77. The van der Waals surface area contributed by atoms with Crippen LogP contribution in [0.3, 0.4) is 0 Å². The van der Waals surface area contributed by atoms with Gasteiger partial charge in [0.2, 0.25) is 5.91 Å². The zero-order chi connectivity index (χ0) is 19.5. The van der Waals surface area contributed by atoms with Gasteiger partial charge in [-0.15, -0.1) is 11.3 Å². The zero-order valence-electron chi connectivity index (χ0n) is 15.1. The molecule has 0 atom stereocenters. The molecule has 0 radical (unpaired) electrons. The van der Waals surface area contributed by atoms with Gasteiger partial charge in [-0.3, -0.25) is 14.2 Å². The minimum Gasteiger partial charge on any atom is -0.497 e. The molecule has 28 heavy (non-hydrogen) atoms. The van der Waals surface area contributed by atoms with E-state index in [0.29, 0.717) is 15.9 Å². The van der Waals surface area contributed by atoms with Crippen LogP contribution in [0, 0.1) is 0 Å². The molecule has 4 rings (SSSR count). The Bertz CT molecular complexity index is 1180. The van der Waals surface area contributed by atoms with Gasteiger partial charge in [0.1, 0.15) is 17.1 Å². The number of carbonyl (C=O) groups is 1. The number of nitrogens with zero attached hydrogens (tertiary/aromatic N) is 2. The quantitative estimate of drug-likeness (QED) is 0.562. The number of fused-ring (bicyclic) bond motifs is 1. The van der Waals surface area contributed by atoms with Crippen molar-refractivity contribution in [3.8, 4) is 16.9 Å². The second-order valence-electron chi connectivity index (χ2n) is 6.15. The van der Waals surface area contributed by atoms with Crippen molar-refractivity contribution in [2.75, 3.05) is 12.4 Å². The van der Waals surface area contributed by atoms with E-state index in [9.17, 15) is 9.59 Å². The Kier molecular flexibility index (Phi) is 4.90. The smallest absolute Gasteiger partial charge is 0.263 e. The molecule has 140 valence electrons. The first kappa shape index (κ1) is 17.9. The molecular formula is C21H17N3O3S. The highest BCUT2D eigenvalue weighted by Crippen LogP contribution is 2.31. The summed E-state index contributed by atoms with van der Waals surface area (Å²) in [6.45, 7) is -0.103. The van der Waals surface area contributed by atoms with Crippen molar-refractivity contribution in [1.82, 2.24) is 9.55 Å². The largest absolute Gasteiger partial charge is 0.497 e. The fourth-order valence-electron chi connectivity index (χ4n) is 2.94. The third-order valence-electron chi connectivity index (χ3n) is 4.33. The van der Waals surface area contributed by atoms with Gasteiger partial charge in [-0.1, -0.05) is 30.3 Å². The number of methoxy groups -OCH3 is 1. The molecule has 0 bridgehead atoms. The maximum absolute atomic E-state index is 13.0. The van der Waals surface area contributed by atoms with Crippen LogP contribution >= 0.6 is 11.3 Å². The number of aromatic nitrogens is 2. The van der Waals surface area contributed by atoms with Crippen LogP contribution in [-0.4, -0.2) is 22.6 Å². The number of amides is 1. The lowest BCUT2D eigenvalue weighted by molar-refractivity contribution is -0.116. The third kappa shape index (κ3) is 3.52. The SMILES string of the molecule is COc1ccc(-c2csc3ncn(CC(=O)Nc4ccccc4)c(=O)c23)cc1. The van der Waals surface area contributed by atoms with Crippen molar-refractivity contribution in [3.63, 3.8) is 0 Å². The van der Waals surface area contributed by atoms with Crippen LogP contribution in [0.1, 0.15) is 0 Å². The van der Waals surface area contributed by atoms with E-state index in [0.717, 1.165) is 16.9 Å². The molecule has 0 aliphatic rings. The average Bonchev–Trinajstić information content (AvgIpc) is 3.16. The van der Waals surface area contributed by atoms with Gasteiger partial charge in [0.05, 0.1) is 18.8 Å². The van der Waals surface area contributed by atoms with E-state index in [1.54, 1.807) is 19.2 Å². The summed E-state index contributed by atoms with van der Waals surface area (Å²) < 4.78 is 6.52. The lowest BCUT2D eigenvalue weighted by Gasteiger charge is -2.08. The Morgan fingerprint density at radius 3 is 2.61 bits per heavy atom. The van der Waals surface area contributed by atoms with E-state index in [1.807, 2.05) is 47.8 Å². The Balaban J connectivity index is 1.66. The topological polar surface area (TPSA) is 73.2 Å². The Morgan fingerprint density at radius 1 is 1.14 bits per heavy atom. The molecule has 0 aliphatic carbocycles. The molecule has 1 N–H and O–H groups in total. The number of ether oxygens (including phenoxy) is 1. The molecule has 0 fully saturated rings. The number of hydrogen-bond acceptors (Lipinski definition) is 5. The van der Waals surface area contributed by atoms with E-state index in [4.69, 9.17) is 4.74 Å². The van der Waals surface area contributed by atoms with Crippen LogP contribution in [0.2, 0.25) is 0 Å². The van der Waals surface area contributed by atoms with Crippen molar-refractivity contribution in [2.24, 2.45) is 0 Å². The summed E-state index contributed by atoms with van der Waals surface area (Å²) in [6.07, 6.45) is 1.42. The van der Waals surface area contributed by atoms with E-state index in [-0.39, 0.29) is 18.0 Å². The van der Waals surface area contributed by atoms with E-state index in [2.05, 4.69) is 10.3 Å². The van der Waals surface area contributed by atoms with Gasteiger partial charge in [-0.2, -0.15) is 0 Å². The molecule has 0 unspecified atom stereocenters. The third-order valence-corrected chi connectivity index (χ3v) is 5.22. The normalized spacial score (nSPS) is 10.8. The summed E-state index contributed by atoms with van der Waals surface area (Å²) in [4.78, 5) is 30.4. The van der Waals surface area contributed by atoms with Crippen LogP contribution in [0.15, 0.2) is 71.1 Å². The number of benzene rings is 2. The van der Waals surface area contributed by atoms with Crippen molar-refractivity contribution < 1.29 is 9.53 Å². The van der Waals surface area contributed by atoms with Crippen molar-refractivity contribution in [3.05, 3.63) is 76.7 Å². The average molecular weight is 391 g/mol. The van der Waals surface area contributed by atoms with Crippen LogP contribution in [0.4, 0.5) is 5.69 Å². The maximum atomic E-state index is 13.0. The summed E-state index contributed by atoms with van der Waals surface area (Å²) in [5.74, 6) is 0.465. The first-order valence-electron chi connectivity index (χ1n) is 8.61. The van der Waals surface area contributed by atoms with Crippen LogP contribution in [0.25, 0.3) is 21.3 Å². The minimum absolute atomic E-state index is 0.103. The second-order valence-corrected chi connectivity index (χ2v) is 7.01. The summed E-state index contributed by atoms with van der Waals surface area (Å²) >= 11 is 1.41. The lowest BCUT2D eigenvalue weighted by atomic mass is 10.1. The highest BCUT2D eigenvalue weighted by atomic mass is 32.1. The van der Waals surface area contributed by atoms with Gasteiger partial charge >= 0.3 is 0 Å². The second kappa shape index (κ2) is 7.66. The molecule has 6 nitrogen and oxygen atoms in total. The Hall–Kier alpha value is -3.45. The lowest BCUT2D eigenvalue weighted by Crippen LogP contribution is -2.27. The van der Waals surface area contributed by atoms with Crippen molar-refractivity contribution in [2.45, 2.75) is 6.54 Å². The zero-order valence-corrected chi connectivity index (χ0v) is 15.9. The van der Waals surface area contributed by atoms with E-state index >= 15 is 0 Å².